The Hall–Kier alpha value is -1.46. The molecule has 0 heterocycles. The SMILES string of the molecule is N#CC1=CCCc2c1ccc(N)c2Cl. The van der Waals surface area contributed by atoms with Crippen LogP contribution in [-0.4, -0.2) is 0 Å². The quantitative estimate of drug-likeness (QED) is 0.661. The Labute approximate surface area is 87.6 Å². The van der Waals surface area contributed by atoms with Crippen LogP contribution in [-0.2, 0) is 6.42 Å². The maximum absolute atomic E-state index is 8.91. The first-order valence-corrected chi connectivity index (χ1v) is 4.79. The van der Waals surface area contributed by atoms with E-state index in [1.807, 2.05) is 12.1 Å². The number of benzene rings is 1. The maximum atomic E-state index is 8.91. The van der Waals surface area contributed by atoms with Crippen LogP contribution < -0.4 is 5.73 Å². The minimum atomic E-state index is 0.588. The van der Waals surface area contributed by atoms with Gasteiger partial charge in [0.15, 0.2) is 0 Å². The number of nitrogens with two attached hydrogens (primary N) is 1. The van der Waals surface area contributed by atoms with Crippen molar-refractivity contribution in [3.05, 3.63) is 34.4 Å². The number of anilines is 1. The van der Waals surface area contributed by atoms with Gasteiger partial charge in [0, 0.05) is 0 Å². The summed E-state index contributed by atoms with van der Waals surface area (Å²) in [7, 11) is 0. The van der Waals surface area contributed by atoms with Crippen molar-refractivity contribution < 1.29 is 0 Å². The first kappa shape index (κ1) is 9.11. The zero-order valence-corrected chi connectivity index (χ0v) is 8.30. The van der Waals surface area contributed by atoms with E-state index in [9.17, 15) is 0 Å². The third kappa shape index (κ3) is 1.26. The lowest BCUT2D eigenvalue weighted by molar-refractivity contribution is 0.981. The monoisotopic (exact) mass is 204 g/mol. The largest absolute Gasteiger partial charge is 0.398 e. The van der Waals surface area contributed by atoms with Gasteiger partial charge in [0.05, 0.1) is 22.4 Å². The third-order valence-corrected chi connectivity index (χ3v) is 2.87. The predicted octanol–water partition coefficient (Wildman–Crippen LogP) is 2.78. The highest BCUT2D eigenvalue weighted by molar-refractivity contribution is 6.34. The molecule has 14 heavy (non-hydrogen) atoms. The number of nitrogens with zero attached hydrogens (tertiary/aromatic N) is 1. The highest BCUT2D eigenvalue weighted by atomic mass is 35.5. The van der Waals surface area contributed by atoms with Crippen LogP contribution >= 0.6 is 11.6 Å². The molecule has 0 bridgehead atoms. The van der Waals surface area contributed by atoms with Crippen LogP contribution in [0.3, 0.4) is 0 Å². The first-order valence-electron chi connectivity index (χ1n) is 4.41. The summed E-state index contributed by atoms with van der Waals surface area (Å²) in [5, 5.41) is 9.51. The van der Waals surface area contributed by atoms with Crippen molar-refractivity contribution in [1.29, 1.82) is 5.26 Å². The molecule has 2 rings (SSSR count). The highest BCUT2D eigenvalue weighted by Crippen LogP contribution is 2.34. The van der Waals surface area contributed by atoms with E-state index in [-0.39, 0.29) is 0 Å². The number of hydrogen-bond donors (Lipinski definition) is 1. The molecule has 0 saturated heterocycles. The van der Waals surface area contributed by atoms with Gasteiger partial charge in [-0.3, -0.25) is 0 Å². The molecule has 0 fully saturated rings. The Morgan fingerprint density at radius 1 is 1.43 bits per heavy atom. The van der Waals surface area contributed by atoms with Crippen LogP contribution in [0.5, 0.6) is 0 Å². The molecule has 70 valence electrons. The number of nitrogen functional groups attached to an aromatic ring is 1. The van der Waals surface area contributed by atoms with Gasteiger partial charge in [-0.1, -0.05) is 23.7 Å². The van der Waals surface area contributed by atoms with Gasteiger partial charge in [-0.2, -0.15) is 5.26 Å². The Bertz CT molecular complexity index is 455. The molecule has 0 saturated carbocycles. The van der Waals surface area contributed by atoms with Crippen LogP contribution in [0.4, 0.5) is 5.69 Å². The molecule has 0 unspecified atom stereocenters. The fourth-order valence-corrected chi connectivity index (χ4v) is 1.97. The summed E-state index contributed by atoms with van der Waals surface area (Å²) >= 11 is 6.07. The van der Waals surface area contributed by atoms with Gasteiger partial charge in [-0.05, 0) is 30.0 Å². The lowest BCUT2D eigenvalue weighted by Gasteiger charge is -2.15. The molecule has 1 aliphatic carbocycles. The van der Waals surface area contributed by atoms with Gasteiger partial charge in [0.2, 0.25) is 0 Å². The van der Waals surface area contributed by atoms with Crippen molar-refractivity contribution in [3.8, 4) is 6.07 Å². The molecule has 1 aromatic rings. The van der Waals surface area contributed by atoms with E-state index in [4.69, 9.17) is 22.6 Å². The van der Waals surface area contributed by atoms with E-state index in [2.05, 4.69) is 6.07 Å². The van der Waals surface area contributed by atoms with Crippen LogP contribution in [0.1, 0.15) is 17.5 Å². The average molecular weight is 205 g/mol. The van der Waals surface area contributed by atoms with Crippen molar-refractivity contribution >= 4 is 22.9 Å². The number of hydrogen-bond acceptors (Lipinski definition) is 2. The molecule has 0 amide bonds. The molecule has 1 aliphatic rings. The number of nitriles is 1. The van der Waals surface area contributed by atoms with Crippen molar-refractivity contribution in [2.45, 2.75) is 12.8 Å². The molecule has 2 nitrogen and oxygen atoms in total. The molecule has 1 aromatic carbocycles. The van der Waals surface area contributed by atoms with E-state index in [0.717, 1.165) is 24.0 Å². The van der Waals surface area contributed by atoms with Crippen molar-refractivity contribution in [2.75, 3.05) is 5.73 Å². The summed E-state index contributed by atoms with van der Waals surface area (Å²) in [5.41, 5.74) is 8.92. The van der Waals surface area contributed by atoms with E-state index < -0.39 is 0 Å². The van der Waals surface area contributed by atoms with E-state index >= 15 is 0 Å². The normalized spacial score (nSPS) is 14.1. The fourth-order valence-electron chi connectivity index (χ4n) is 1.71. The summed E-state index contributed by atoms with van der Waals surface area (Å²) in [6, 6.07) is 5.78. The van der Waals surface area contributed by atoms with E-state index in [1.165, 1.54) is 0 Å². The predicted molar refractivity (Wildman–Crippen MR) is 57.8 cm³/mol. The van der Waals surface area contributed by atoms with Gasteiger partial charge in [-0.25, -0.2) is 0 Å². The molecular formula is C11H9ClN2. The Kier molecular flexibility index (Phi) is 2.18. The van der Waals surface area contributed by atoms with Gasteiger partial charge in [-0.15, -0.1) is 0 Å². The smallest absolute Gasteiger partial charge is 0.0994 e. The topological polar surface area (TPSA) is 49.8 Å². The third-order valence-electron chi connectivity index (χ3n) is 2.43. The molecule has 0 spiro atoms. The maximum Gasteiger partial charge on any atom is 0.0994 e. The number of fused-ring (bicyclic) bond motifs is 1. The highest BCUT2D eigenvalue weighted by Gasteiger charge is 2.16. The van der Waals surface area contributed by atoms with E-state index in [0.29, 0.717) is 16.3 Å². The second-order valence-corrected chi connectivity index (χ2v) is 3.64. The lowest BCUT2D eigenvalue weighted by Crippen LogP contribution is -2.01. The zero-order valence-electron chi connectivity index (χ0n) is 7.55. The number of allylic oxidation sites excluding steroid dienone is 2. The second kappa shape index (κ2) is 3.36. The Balaban J connectivity index is 2.66. The Morgan fingerprint density at radius 2 is 2.21 bits per heavy atom. The fraction of sp³-hybridized carbons (Fsp3) is 0.182. The van der Waals surface area contributed by atoms with Gasteiger partial charge < -0.3 is 5.73 Å². The van der Waals surface area contributed by atoms with E-state index in [1.54, 1.807) is 6.07 Å². The summed E-state index contributed by atoms with van der Waals surface area (Å²) < 4.78 is 0. The molecule has 0 atom stereocenters. The summed E-state index contributed by atoms with van der Waals surface area (Å²) in [5.74, 6) is 0. The van der Waals surface area contributed by atoms with Crippen molar-refractivity contribution in [1.82, 2.24) is 0 Å². The van der Waals surface area contributed by atoms with Crippen LogP contribution in [0.25, 0.3) is 5.57 Å². The van der Waals surface area contributed by atoms with Crippen LogP contribution in [0.15, 0.2) is 18.2 Å². The van der Waals surface area contributed by atoms with Gasteiger partial charge in [0.1, 0.15) is 0 Å². The zero-order chi connectivity index (χ0) is 10.1. The first-order chi connectivity index (χ1) is 6.74. The van der Waals surface area contributed by atoms with Gasteiger partial charge >= 0.3 is 0 Å². The number of rotatable bonds is 0. The van der Waals surface area contributed by atoms with Crippen LogP contribution in [0.2, 0.25) is 5.02 Å². The average Bonchev–Trinajstić information content (AvgIpc) is 2.23. The molecule has 0 aliphatic heterocycles. The summed E-state index contributed by atoms with van der Waals surface area (Å²) in [4.78, 5) is 0. The van der Waals surface area contributed by atoms with Crippen LogP contribution in [0, 0.1) is 11.3 Å². The molecule has 3 heteroatoms. The van der Waals surface area contributed by atoms with Gasteiger partial charge in [0.25, 0.3) is 0 Å². The molecule has 0 aromatic heterocycles. The standard InChI is InChI=1S/C11H9ClN2/c12-11-9-3-1-2-7(6-13)8(9)4-5-10(11)14/h2,4-5H,1,3,14H2. The molecule has 0 radical (unpaired) electrons. The van der Waals surface area contributed by atoms with Crippen molar-refractivity contribution in [3.63, 3.8) is 0 Å². The Morgan fingerprint density at radius 3 is 2.93 bits per heavy atom. The molecular weight excluding hydrogens is 196 g/mol. The number of halogens is 1. The second-order valence-electron chi connectivity index (χ2n) is 3.26. The minimum Gasteiger partial charge on any atom is -0.398 e. The minimum absolute atomic E-state index is 0.588. The lowest BCUT2D eigenvalue weighted by atomic mass is 9.91. The summed E-state index contributed by atoms with van der Waals surface area (Å²) in [6.45, 7) is 0. The molecule has 2 N–H and O–H groups in total. The van der Waals surface area contributed by atoms with Crippen molar-refractivity contribution in [2.24, 2.45) is 0 Å². The summed E-state index contributed by atoms with van der Waals surface area (Å²) in [6.07, 6.45) is 3.66.